The van der Waals surface area contributed by atoms with Crippen LogP contribution in [0.4, 0.5) is 0 Å². The van der Waals surface area contributed by atoms with E-state index < -0.39 is 0 Å². The Morgan fingerprint density at radius 3 is 2.27 bits per heavy atom. The van der Waals surface area contributed by atoms with Crippen LogP contribution in [0.15, 0.2) is 77.8 Å². The van der Waals surface area contributed by atoms with Crippen molar-refractivity contribution in [3.05, 3.63) is 84.1 Å². The summed E-state index contributed by atoms with van der Waals surface area (Å²) < 4.78 is 0. The van der Waals surface area contributed by atoms with Crippen molar-refractivity contribution in [2.24, 2.45) is 0 Å². The Kier molecular flexibility index (Phi) is 5.09. The highest BCUT2D eigenvalue weighted by Crippen LogP contribution is 2.34. The third-order valence-electron chi connectivity index (χ3n) is 3.92. The second-order valence-corrected chi connectivity index (χ2v) is 7.83. The zero-order valence-corrected chi connectivity index (χ0v) is 15.9. The molecule has 0 fully saturated rings. The minimum atomic E-state index is 0.881. The Labute approximate surface area is 161 Å². The van der Waals surface area contributed by atoms with E-state index in [-0.39, 0.29) is 0 Å². The van der Waals surface area contributed by atoms with E-state index in [4.69, 9.17) is 4.98 Å². The van der Waals surface area contributed by atoms with Crippen LogP contribution in [0.5, 0.6) is 0 Å². The molecule has 0 radical (unpaired) electrons. The first-order chi connectivity index (χ1) is 12.8. The number of thiazole rings is 1. The van der Waals surface area contributed by atoms with E-state index in [2.05, 4.69) is 46.6 Å². The molecule has 4 aromatic rings. The van der Waals surface area contributed by atoms with E-state index in [1.54, 1.807) is 23.1 Å². The first kappa shape index (κ1) is 16.9. The number of benzene rings is 2. The highest BCUT2D eigenvalue weighted by Gasteiger charge is 2.13. The summed E-state index contributed by atoms with van der Waals surface area (Å²) in [6.45, 7) is 2.03. The van der Waals surface area contributed by atoms with Crippen LogP contribution >= 0.6 is 23.1 Å². The fourth-order valence-corrected chi connectivity index (χ4v) is 4.39. The lowest BCUT2D eigenvalue weighted by Crippen LogP contribution is -1.90. The molecule has 0 saturated carbocycles. The van der Waals surface area contributed by atoms with Crippen molar-refractivity contribution in [1.29, 1.82) is 0 Å². The third-order valence-corrected chi connectivity index (χ3v) is 6.14. The summed E-state index contributed by atoms with van der Waals surface area (Å²) in [7, 11) is 0. The van der Waals surface area contributed by atoms with Gasteiger partial charge >= 0.3 is 0 Å². The molecular weight excluding hydrogens is 358 g/mol. The van der Waals surface area contributed by atoms with Crippen molar-refractivity contribution < 1.29 is 0 Å². The van der Waals surface area contributed by atoms with Crippen molar-refractivity contribution in [3.63, 3.8) is 0 Å². The predicted octanol–water partition coefficient (Wildman–Crippen LogP) is 5.87. The number of aryl methyl sites for hydroxylation is 1. The van der Waals surface area contributed by atoms with Crippen LogP contribution in [0.2, 0.25) is 0 Å². The molecule has 0 saturated heterocycles. The Bertz CT molecular complexity index is 981. The van der Waals surface area contributed by atoms with E-state index in [1.165, 1.54) is 5.56 Å². The molecule has 0 aliphatic rings. The monoisotopic (exact) mass is 375 g/mol. The molecule has 0 aliphatic carbocycles. The van der Waals surface area contributed by atoms with Crippen molar-refractivity contribution in [2.45, 2.75) is 17.7 Å². The van der Waals surface area contributed by atoms with Crippen LogP contribution in [0.25, 0.3) is 21.1 Å². The zero-order valence-electron chi connectivity index (χ0n) is 14.3. The lowest BCUT2D eigenvalue weighted by molar-refractivity contribution is 0.936. The van der Waals surface area contributed by atoms with Gasteiger partial charge in [-0.25, -0.2) is 4.98 Å². The zero-order chi connectivity index (χ0) is 17.8. The second kappa shape index (κ2) is 7.81. The fraction of sp³-hybridized carbons (Fsp3) is 0.0952. The van der Waals surface area contributed by atoms with E-state index in [0.717, 1.165) is 37.6 Å². The smallest absolute Gasteiger partial charge is 0.124 e. The molecule has 2 aromatic heterocycles. The molecule has 0 bridgehead atoms. The maximum absolute atomic E-state index is 4.70. The quantitative estimate of drug-likeness (QED) is 0.409. The molecule has 26 heavy (non-hydrogen) atoms. The molecular formula is C21H17N3S2. The Hall–Kier alpha value is -2.50. The molecule has 2 aromatic carbocycles. The molecule has 128 valence electrons. The highest BCUT2D eigenvalue weighted by molar-refractivity contribution is 7.98. The van der Waals surface area contributed by atoms with Crippen LogP contribution in [-0.4, -0.2) is 15.2 Å². The Morgan fingerprint density at radius 1 is 0.846 bits per heavy atom. The van der Waals surface area contributed by atoms with Gasteiger partial charge in [0.15, 0.2) is 0 Å². The van der Waals surface area contributed by atoms with Gasteiger partial charge in [0, 0.05) is 11.3 Å². The van der Waals surface area contributed by atoms with Crippen molar-refractivity contribution in [2.75, 3.05) is 0 Å². The maximum atomic E-state index is 4.70. The van der Waals surface area contributed by atoms with Crippen molar-refractivity contribution in [1.82, 2.24) is 15.2 Å². The molecule has 5 heteroatoms. The number of rotatable bonds is 5. The molecule has 0 aliphatic heterocycles. The van der Waals surface area contributed by atoms with Crippen LogP contribution in [-0.2, 0) is 5.75 Å². The Morgan fingerprint density at radius 2 is 1.58 bits per heavy atom. The molecule has 2 heterocycles. The normalized spacial score (nSPS) is 10.8. The lowest BCUT2D eigenvalue weighted by Gasteiger charge is -2.02. The fourth-order valence-electron chi connectivity index (χ4n) is 2.59. The average molecular weight is 376 g/mol. The van der Waals surface area contributed by atoms with Gasteiger partial charge in [0.1, 0.15) is 15.7 Å². The summed E-state index contributed by atoms with van der Waals surface area (Å²) in [5, 5.41) is 10.8. The summed E-state index contributed by atoms with van der Waals surface area (Å²) in [5.41, 5.74) is 4.29. The van der Waals surface area contributed by atoms with Crippen LogP contribution in [0, 0.1) is 6.92 Å². The lowest BCUT2D eigenvalue weighted by atomic mass is 10.2. The molecule has 0 spiro atoms. The van der Waals surface area contributed by atoms with Gasteiger partial charge in [0.05, 0.1) is 10.6 Å². The molecule has 0 N–H and O–H groups in total. The van der Waals surface area contributed by atoms with Crippen LogP contribution in [0.3, 0.4) is 0 Å². The first-order valence-corrected chi connectivity index (χ1v) is 10.1. The second-order valence-electron chi connectivity index (χ2n) is 5.83. The summed E-state index contributed by atoms with van der Waals surface area (Å²) >= 11 is 3.36. The molecule has 0 unspecified atom stereocenters. The summed E-state index contributed by atoms with van der Waals surface area (Å²) in [6.07, 6.45) is 0. The van der Waals surface area contributed by atoms with Gasteiger partial charge in [0.25, 0.3) is 0 Å². The van der Waals surface area contributed by atoms with E-state index in [1.807, 2.05) is 43.3 Å². The van der Waals surface area contributed by atoms with Crippen molar-refractivity contribution >= 4 is 23.1 Å². The van der Waals surface area contributed by atoms with E-state index in [9.17, 15) is 0 Å². The van der Waals surface area contributed by atoms with Crippen LogP contribution < -0.4 is 0 Å². The van der Waals surface area contributed by atoms with E-state index >= 15 is 0 Å². The van der Waals surface area contributed by atoms with Crippen LogP contribution in [0.1, 0.15) is 11.3 Å². The minimum absolute atomic E-state index is 0.881. The number of nitrogens with zero attached hydrogens (tertiary/aromatic N) is 3. The SMILES string of the molecule is Cc1nc(-c2ccccc2)sc1-c1ccc(SCc2ccccc2)nn1. The molecule has 4 rings (SSSR count). The predicted molar refractivity (Wildman–Crippen MR) is 109 cm³/mol. The van der Waals surface area contributed by atoms with Gasteiger partial charge < -0.3 is 0 Å². The summed E-state index contributed by atoms with van der Waals surface area (Å²) in [6, 6.07) is 24.7. The Balaban J connectivity index is 1.51. The molecule has 0 amide bonds. The average Bonchev–Trinajstić information content (AvgIpc) is 3.10. The van der Waals surface area contributed by atoms with Gasteiger partial charge in [-0.2, -0.15) is 0 Å². The molecule has 3 nitrogen and oxygen atoms in total. The van der Waals surface area contributed by atoms with Crippen molar-refractivity contribution in [3.8, 4) is 21.1 Å². The first-order valence-electron chi connectivity index (χ1n) is 8.33. The highest BCUT2D eigenvalue weighted by atomic mass is 32.2. The van der Waals surface area contributed by atoms with Gasteiger partial charge in [-0.3, -0.25) is 0 Å². The largest absolute Gasteiger partial charge is 0.241 e. The van der Waals surface area contributed by atoms with Gasteiger partial charge in [-0.05, 0) is 24.6 Å². The number of thioether (sulfide) groups is 1. The maximum Gasteiger partial charge on any atom is 0.124 e. The van der Waals surface area contributed by atoms with Gasteiger partial charge in [-0.15, -0.1) is 21.5 Å². The topological polar surface area (TPSA) is 38.7 Å². The summed E-state index contributed by atoms with van der Waals surface area (Å²) in [5.74, 6) is 0.895. The standard InChI is InChI=1S/C21H17N3S2/c1-15-20(26-21(22-15)17-10-6-3-7-11-17)18-12-13-19(24-23-18)25-14-16-8-4-2-5-9-16/h2-13H,14H2,1H3. The number of hydrogen-bond acceptors (Lipinski definition) is 5. The van der Waals surface area contributed by atoms with E-state index in [0.29, 0.717) is 0 Å². The summed E-state index contributed by atoms with van der Waals surface area (Å²) in [4.78, 5) is 5.78. The number of aromatic nitrogens is 3. The minimum Gasteiger partial charge on any atom is -0.241 e. The number of hydrogen-bond donors (Lipinski definition) is 0. The third kappa shape index (κ3) is 3.84. The van der Waals surface area contributed by atoms with Gasteiger partial charge in [0.2, 0.25) is 0 Å². The van der Waals surface area contributed by atoms with Gasteiger partial charge in [-0.1, -0.05) is 72.4 Å². The molecule has 0 atom stereocenters.